The zero-order chi connectivity index (χ0) is 35.9. The highest BCUT2D eigenvalue weighted by atomic mass is 16.5. The van der Waals surface area contributed by atoms with Crippen molar-refractivity contribution >= 4 is 11.0 Å². The SMILES string of the molecule is COc1cc(-c2cc(=O)c3c(OCc4ccccc4)cc(OCc4ccccc4)c(-c4cc(OC)c(OC)c(OC)c4)c3o2)cc(OC)c1OC. The Morgan fingerprint density at radius 2 is 0.941 bits per heavy atom. The standard InChI is InChI=1S/C41H38O10/c1-43-33-17-27(18-34(44-2)39(33)47-5)30-21-29(42)38-32(50-24-26-15-11-8-12-16-26)22-31(49-23-25-13-9-7-10-14-25)37(41(38)51-30)28-19-35(45-3)40(48-6)36(20-28)46-4/h7-22H,23-24H2,1-6H3. The summed E-state index contributed by atoms with van der Waals surface area (Å²) in [6.07, 6.45) is 0. The Morgan fingerprint density at radius 3 is 1.39 bits per heavy atom. The van der Waals surface area contributed by atoms with Gasteiger partial charge in [0.05, 0.1) is 48.2 Å². The molecule has 1 heterocycles. The van der Waals surface area contributed by atoms with Gasteiger partial charge in [0.15, 0.2) is 34.0 Å². The van der Waals surface area contributed by atoms with Crippen LogP contribution in [0.4, 0.5) is 0 Å². The fourth-order valence-electron chi connectivity index (χ4n) is 5.84. The second kappa shape index (κ2) is 15.5. The molecule has 0 aliphatic heterocycles. The highest BCUT2D eigenvalue weighted by Gasteiger charge is 2.26. The van der Waals surface area contributed by atoms with Crippen molar-refractivity contribution in [1.82, 2.24) is 0 Å². The Balaban J connectivity index is 1.67. The van der Waals surface area contributed by atoms with Gasteiger partial charge in [-0.15, -0.1) is 0 Å². The van der Waals surface area contributed by atoms with E-state index in [1.807, 2.05) is 60.7 Å². The average molecular weight is 691 g/mol. The molecule has 262 valence electrons. The van der Waals surface area contributed by atoms with Crippen LogP contribution in [0.3, 0.4) is 0 Å². The predicted molar refractivity (Wildman–Crippen MR) is 194 cm³/mol. The molecule has 0 saturated heterocycles. The maximum Gasteiger partial charge on any atom is 0.203 e. The van der Waals surface area contributed by atoms with Crippen LogP contribution in [0.25, 0.3) is 33.4 Å². The molecule has 0 atom stereocenters. The van der Waals surface area contributed by atoms with E-state index in [1.54, 1.807) is 30.3 Å². The minimum Gasteiger partial charge on any atom is -0.493 e. The van der Waals surface area contributed by atoms with E-state index in [9.17, 15) is 4.79 Å². The van der Waals surface area contributed by atoms with Gasteiger partial charge in [-0.2, -0.15) is 0 Å². The maximum atomic E-state index is 14.3. The molecular formula is C41H38O10. The van der Waals surface area contributed by atoms with Crippen molar-refractivity contribution in [3.8, 4) is 68.4 Å². The first-order valence-electron chi connectivity index (χ1n) is 16.0. The molecule has 6 rings (SSSR count). The van der Waals surface area contributed by atoms with E-state index in [0.29, 0.717) is 62.7 Å². The number of benzene rings is 5. The topological polar surface area (TPSA) is 104 Å². The minimum absolute atomic E-state index is 0.200. The molecule has 0 bridgehead atoms. The molecule has 1 aromatic heterocycles. The van der Waals surface area contributed by atoms with Gasteiger partial charge in [-0.05, 0) is 41.0 Å². The summed E-state index contributed by atoms with van der Waals surface area (Å²) in [5, 5.41) is 0.220. The molecule has 10 heteroatoms. The molecule has 0 radical (unpaired) electrons. The van der Waals surface area contributed by atoms with Gasteiger partial charge >= 0.3 is 0 Å². The van der Waals surface area contributed by atoms with Gasteiger partial charge in [0.1, 0.15) is 35.9 Å². The summed E-state index contributed by atoms with van der Waals surface area (Å²) in [6, 6.07) is 29.6. The van der Waals surface area contributed by atoms with Crippen LogP contribution in [0.2, 0.25) is 0 Å². The molecule has 0 aliphatic carbocycles. The summed E-state index contributed by atoms with van der Waals surface area (Å²) in [4.78, 5) is 14.3. The lowest BCUT2D eigenvalue weighted by molar-refractivity contribution is 0.292. The maximum absolute atomic E-state index is 14.3. The third kappa shape index (κ3) is 7.07. The molecule has 0 saturated carbocycles. The monoisotopic (exact) mass is 690 g/mol. The van der Waals surface area contributed by atoms with Gasteiger partial charge in [0, 0.05) is 17.7 Å². The van der Waals surface area contributed by atoms with Crippen LogP contribution in [0.1, 0.15) is 11.1 Å². The summed E-state index contributed by atoms with van der Waals surface area (Å²) < 4.78 is 53.5. The first-order chi connectivity index (χ1) is 24.9. The highest BCUT2D eigenvalue weighted by Crippen LogP contribution is 2.48. The van der Waals surface area contributed by atoms with Crippen molar-refractivity contribution in [2.45, 2.75) is 13.2 Å². The molecule has 0 aliphatic rings. The molecule has 0 unspecified atom stereocenters. The Bertz CT molecular complexity index is 2140. The first kappa shape index (κ1) is 34.6. The van der Waals surface area contributed by atoms with Crippen LogP contribution in [0.15, 0.2) is 106 Å². The van der Waals surface area contributed by atoms with E-state index in [4.69, 9.17) is 42.3 Å². The van der Waals surface area contributed by atoms with Gasteiger partial charge in [0.25, 0.3) is 0 Å². The zero-order valence-corrected chi connectivity index (χ0v) is 29.2. The highest BCUT2D eigenvalue weighted by molar-refractivity contribution is 6.00. The predicted octanol–water partition coefficient (Wildman–Crippen LogP) is 8.34. The summed E-state index contributed by atoms with van der Waals surface area (Å²) in [5.41, 5.74) is 3.30. The molecule has 0 amide bonds. The quantitative estimate of drug-likeness (QED) is 0.111. The van der Waals surface area contributed by atoms with Crippen LogP contribution in [-0.2, 0) is 13.2 Å². The van der Waals surface area contributed by atoms with E-state index in [1.165, 1.54) is 48.7 Å². The van der Waals surface area contributed by atoms with Crippen LogP contribution in [0.5, 0.6) is 46.0 Å². The van der Waals surface area contributed by atoms with Gasteiger partial charge in [0.2, 0.25) is 11.5 Å². The second-order valence-corrected chi connectivity index (χ2v) is 11.3. The summed E-state index contributed by atoms with van der Waals surface area (Å²) >= 11 is 0. The van der Waals surface area contributed by atoms with Crippen molar-refractivity contribution < 1.29 is 42.3 Å². The average Bonchev–Trinajstić information content (AvgIpc) is 3.18. The van der Waals surface area contributed by atoms with E-state index in [0.717, 1.165) is 11.1 Å². The summed E-state index contributed by atoms with van der Waals surface area (Å²) in [6.45, 7) is 0.421. The van der Waals surface area contributed by atoms with Crippen LogP contribution >= 0.6 is 0 Å². The number of methoxy groups -OCH3 is 6. The van der Waals surface area contributed by atoms with Crippen molar-refractivity contribution in [2.24, 2.45) is 0 Å². The Labute approximate surface area is 295 Å². The van der Waals surface area contributed by atoms with E-state index in [2.05, 4.69) is 0 Å². The van der Waals surface area contributed by atoms with Crippen LogP contribution in [0, 0.1) is 0 Å². The lowest BCUT2D eigenvalue weighted by Gasteiger charge is -2.20. The summed E-state index contributed by atoms with van der Waals surface area (Å²) in [7, 11) is 9.17. The molecule has 6 aromatic rings. The molecule has 10 nitrogen and oxygen atoms in total. The van der Waals surface area contributed by atoms with Crippen molar-refractivity contribution in [3.05, 3.63) is 118 Å². The summed E-state index contributed by atoms with van der Waals surface area (Å²) in [5.74, 6) is 3.34. The van der Waals surface area contributed by atoms with E-state index in [-0.39, 0.29) is 35.4 Å². The second-order valence-electron chi connectivity index (χ2n) is 11.3. The Hall–Kier alpha value is -6.29. The van der Waals surface area contributed by atoms with Crippen molar-refractivity contribution in [2.75, 3.05) is 42.7 Å². The largest absolute Gasteiger partial charge is 0.493 e. The third-order valence-electron chi connectivity index (χ3n) is 8.31. The molecule has 51 heavy (non-hydrogen) atoms. The van der Waals surface area contributed by atoms with E-state index >= 15 is 0 Å². The first-order valence-corrected chi connectivity index (χ1v) is 16.0. The zero-order valence-electron chi connectivity index (χ0n) is 29.2. The number of hydrogen-bond donors (Lipinski definition) is 0. The van der Waals surface area contributed by atoms with E-state index < -0.39 is 0 Å². The lowest BCUT2D eigenvalue weighted by atomic mass is 9.99. The number of ether oxygens (including phenoxy) is 8. The van der Waals surface area contributed by atoms with Gasteiger partial charge in [-0.1, -0.05) is 60.7 Å². The van der Waals surface area contributed by atoms with Gasteiger partial charge in [-0.25, -0.2) is 0 Å². The lowest BCUT2D eigenvalue weighted by Crippen LogP contribution is -2.08. The smallest absolute Gasteiger partial charge is 0.203 e. The van der Waals surface area contributed by atoms with Crippen molar-refractivity contribution in [3.63, 3.8) is 0 Å². The van der Waals surface area contributed by atoms with Crippen LogP contribution < -0.4 is 43.3 Å². The molecule has 0 spiro atoms. The Kier molecular flexibility index (Phi) is 10.5. The minimum atomic E-state index is -0.341. The van der Waals surface area contributed by atoms with Gasteiger partial charge < -0.3 is 42.3 Å². The normalized spacial score (nSPS) is 10.8. The third-order valence-corrected chi connectivity index (χ3v) is 8.31. The molecule has 0 fully saturated rings. The van der Waals surface area contributed by atoms with Crippen LogP contribution in [-0.4, -0.2) is 42.7 Å². The fourth-order valence-corrected chi connectivity index (χ4v) is 5.84. The number of fused-ring (bicyclic) bond motifs is 1. The fraction of sp³-hybridized carbons (Fsp3) is 0.195. The molecular weight excluding hydrogens is 652 g/mol. The number of hydrogen-bond acceptors (Lipinski definition) is 10. The molecule has 0 N–H and O–H groups in total. The number of rotatable bonds is 14. The Morgan fingerprint density at radius 1 is 0.490 bits per heavy atom. The molecule has 5 aromatic carbocycles. The van der Waals surface area contributed by atoms with Gasteiger partial charge in [-0.3, -0.25) is 4.79 Å². The van der Waals surface area contributed by atoms with Crippen molar-refractivity contribution in [1.29, 1.82) is 0 Å².